The van der Waals surface area contributed by atoms with Crippen LogP contribution in [0.3, 0.4) is 0 Å². The summed E-state index contributed by atoms with van der Waals surface area (Å²) in [6.45, 7) is 6.04. The normalized spacial score (nSPS) is 14.2. The van der Waals surface area contributed by atoms with E-state index in [9.17, 15) is 0 Å². The van der Waals surface area contributed by atoms with Crippen molar-refractivity contribution < 1.29 is 14.3 Å². The molecule has 0 atom stereocenters. The topological polar surface area (TPSA) is 42.0 Å². The van der Waals surface area contributed by atoms with Crippen LogP contribution in [-0.4, -0.2) is 33.1 Å². The summed E-state index contributed by atoms with van der Waals surface area (Å²) in [6.07, 6.45) is 2.21. The first-order valence-corrected chi connectivity index (χ1v) is 14.2. The van der Waals surface area contributed by atoms with E-state index in [0.29, 0.717) is 11.5 Å². The number of hydrogen-bond donors (Lipinski definition) is 0. The molecule has 5 nitrogen and oxygen atoms in total. The second-order valence-electron chi connectivity index (χ2n) is 10.5. The molecule has 0 aliphatic carbocycles. The van der Waals surface area contributed by atoms with Crippen molar-refractivity contribution in [3.8, 4) is 11.5 Å². The van der Waals surface area contributed by atoms with Gasteiger partial charge in [-0.25, -0.2) is 0 Å². The summed E-state index contributed by atoms with van der Waals surface area (Å²) < 4.78 is 12.2. The van der Waals surface area contributed by atoms with Crippen LogP contribution in [0.4, 0.5) is 22.7 Å². The van der Waals surface area contributed by atoms with Crippen molar-refractivity contribution in [2.75, 3.05) is 37.1 Å². The second kappa shape index (κ2) is 10.4. The number of carbonyl (C=O) groups excluding carboxylic acids is 1. The molecule has 0 fully saturated rings. The van der Waals surface area contributed by atoms with Crippen LogP contribution in [0.25, 0.3) is 0 Å². The molecule has 0 spiro atoms. The number of fused-ring (bicyclic) bond motifs is 4. The number of hydrogen-bond acceptors (Lipinski definition) is 5. The van der Waals surface area contributed by atoms with E-state index in [-0.39, 0.29) is 12.2 Å². The Balaban J connectivity index is 1.81. The average molecular weight is 533 g/mol. The Hall–Kier alpha value is -4.25. The Morgan fingerprint density at radius 1 is 0.625 bits per heavy atom. The molecule has 0 amide bonds. The molecule has 0 saturated heterocycles. The maximum Gasteiger partial charge on any atom is 0.157 e. The van der Waals surface area contributed by atoms with Crippen LogP contribution >= 0.6 is 0 Å². The summed E-state index contributed by atoms with van der Waals surface area (Å²) in [6, 6.07) is 28.8. The van der Waals surface area contributed by atoms with Crippen molar-refractivity contribution in [1.82, 2.24) is 0 Å². The summed E-state index contributed by atoms with van der Waals surface area (Å²) in [5, 5.41) is 0. The Kier molecular flexibility index (Phi) is 6.75. The summed E-state index contributed by atoms with van der Waals surface area (Å²) in [5.74, 6) is 1.53. The van der Waals surface area contributed by atoms with E-state index < -0.39 is 5.41 Å². The number of nitrogens with zero attached hydrogens (tertiary/aromatic N) is 2. The molecule has 40 heavy (non-hydrogen) atoms. The molecule has 2 heterocycles. The first-order valence-electron chi connectivity index (χ1n) is 14.2. The highest BCUT2D eigenvalue weighted by Crippen LogP contribution is 2.64. The zero-order valence-corrected chi connectivity index (χ0v) is 23.7. The van der Waals surface area contributed by atoms with E-state index >= 15 is 4.79 Å². The zero-order chi connectivity index (χ0) is 27.9. The van der Waals surface area contributed by atoms with Crippen molar-refractivity contribution in [2.24, 2.45) is 0 Å². The van der Waals surface area contributed by atoms with Gasteiger partial charge in [-0.05, 0) is 54.8 Å². The molecule has 2 aliphatic heterocycles. The van der Waals surface area contributed by atoms with Crippen molar-refractivity contribution >= 4 is 28.5 Å². The fraction of sp³-hybridized carbons (Fsp3) is 0.286. The summed E-state index contributed by atoms with van der Waals surface area (Å²) in [7, 11) is 3.40. The lowest BCUT2D eigenvalue weighted by Crippen LogP contribution is -2.49. The number of ether oxygens (including phenoxy) is 2. The van der Waals surface area contributed by atoms with Crippen molar-refractivity contribution in [2.45, 2.75) is 38.5 Å². The minimum absolute atomic E-state index is 0.108. The Bertz CT molecular complexity index is 1480. The Labute approximate surface area is 237 Å². The molecule has 0 saturated carbocycles. The van der Waals surface area contributed by atoms with E-state index in [4.69, 9.17) is 9.47 Å². The van der Waals surface area contributed by atoms with Crippen molar-refractivity contribution in [3.63, 3.8) is 0 Å². The smallest absolute Gasteiger partial charge is 0.157 e. The fourth-order valence-electron chi connectivity index (χ4n) is 6.84. The Morgan fingerprint density at radius 3 is 1.52 bits per heavy atom. The maximum atomic E-state index is 15.3. The molecule has 204 valence electrons. The SMILES string of the molecule is CCCN1c2cccc(OC)c2C2(C(=O)Cc3ccccc3)c3c(OC)cccc3N(CCC)c3cccc1c32. The summed E-state index contributed by atoms with van der Waals surface area (Å²) in [4.78, 5) is 20.1. The largest absolute Gasteiger partial charge is 0.496 e. The predicted octanol–water partition coefficient (Wildman–Crippen LogP) is 7.57. The van der Waals surface area contributed by atoms with Gasteiger partial charge in [-0.2, -0.15) is 0 Å². The summed E-state index contributed by atoms with van der Waals surface area (Å²) in [5.41, 5.74) is 6.83. The third-order valence-electron chi connectivity index (χ3n) is 8.28. The number of Topliss-reactive ketones (excluding diaryl/α,β-unsaturated/α-hetero) is 1. The quantitative estimate of drug-likeness (QED) is 0.222. The van der Waals surface area contributed by atoms with Gasteiger partial charge in [0.25, 0.3) is 0 Å². The summed E-state index contributed by atoms with van der Waals surface area (Å²) >= 11 is 0. The molecule has 6 rings (SSSR count). The van der Waals surface area contributed by atoms with E-state index in [0.717, 1.165) is 70.9 Å². The van der Waals surface area contributed by atoms with E-state index in [1.807, 2.05) is 54.6 Å². The van der Waals surface area contributed by atoms with E-state index in [2.05, 4.69) is 54.0 Å². The van der Waals surface area contributed by atoms with Crippen LogP contribution in [0.2, 0.25) is 0 Å². The molecule has 0 N–H and O–H groups in total. The monoisotopic (exact) mass is 532 g/mol. The van der Waals surface area contributed by atoms with Gasteiger partial charge >= 0.3 is 0 Å². The zero-order valence-electron chi connectivity index (χ0n) is 23.7. The lowest BCUT2D eigenvalue weighted by molar-refractivity contribution is -0.121. The molecule has 0 unspecified atom stereocenters. The van der Waals surface area contributed by atoms with Gasteiger partial charge in [0, 0.05) is 59.0 Å². The Morgan fingerprint density at radius 2 is 1.07 bits per heavy atom. The third-order valence-corrected chi connectivity index (χ3v) is 8.28. The first-order chi connectivity index (χ1) is 19.6. The van der Waals surface area contributed by atoms with Crippen LogP contribution in [0, 0.1) is 0 Å². The third kappa shape index (κ3) is 3.64. The highest BCUT2D eigenvalue weighted by molar-refractivity contribution is 6.10. The minimum atomic E-state index is -1.12. The molecule has 5 heteroatoms. The lowest BCUT2D eigenvalue weighted by atomic mass is 9.59. The van der Waals surface area contributed by atoms with Gasteiger partial charge in [-0.15, -0.1) is 0 Å². The molecular formula is C35H36N2O3. The van der Waals surface area contributed by atoms with Gasteiger partial charge in [0.15, 0.2) is 5.78 Å². The van der Waals surface area contributed by atoms with Crippen LogP contribution in [0.1, 0.15) is 48.9 Å². The van der Waals surface area contributed by atoms with Crippen LogP contribution in [-0.2, 0) is 16.6 Å². The number of ketones is 1. The number of anilines is 4. The van der Waals surface area contributed by atoms with Crippen LogP contribution < -0.4 is 19.3 Å². The van der Waals surface area contributed by atoms with Crippen LogP contribution in [0.5, 0.6) is 11.5 Å². The van der Waals surface area contributed by atoms with E-state index in [1.165, 1.54) is 0 Å². The van der Waals surface area contributed by atoms with Crippen molar-refractivity contribution in [3.05, 3.63) is 107 Å². The number of carbonyl (C=O) groups is 1. The highest BCUT2D eigenvalue weighted by Gasteiger charge is 2.57. The van der Waals surface area contributed by atoms with Gasteiger partial charge < -0.3 is 19.3 Å². The number of rotatable bonds is 9. The molecule has 0 bridgehead atoms. The average Bonchev–Trinajstić information content (AvgIpc) is 2.99. The first kappa shape index (κ1) is 26.0. The molecule has 0 radical (unpaired) electrons. The second-order valence-corrected chi connectivity index (χ2v) is 10.5. The van der Waals surface area contributed by atoms with Crippen molar-refractivity contribution in [1.29, 1.82) is 0 Å². The standard InChI is InChI=1S/C35H36N2O3/c1-5-21-36-25-15-10-16-26-32(25)35(31(38)23-24-13-8-7-9-14-24,33-27(36)17-11-19-29(33)39-3)34-28(37(26)22-6-2)18-12-20-30(34)40-4/h7-20H,5-6,21-23H2,1-4H3. The van der Waals surface area contributed by atoms with Crippen LogP contribution in [0.15, 0.2) is 84.9 Å². The van der Waals surface area contributed by atoms with Gasteiger partial charge in [0.2, 0.25) is 0 Å². The molecule has 0 aromatic heterocycles. The predicted molar refractivity (Wildman–Crippen MR) is 162 cm³/mol. The molecule has 4 aromatic rings. The van der Waals surface area contributed by atoms with E-state index in [1.54, 1.807) is 14.2 Å². The number of methoxy groups -OCH3 is 2. The number of benzene rings is 4. The lowest BCUT2D eigenvalue weighted by Gasteiger charge is -2.51. The van der Waals surface area contributed by atoms with Gasteiger partial charge in [-0.3, -0.25) is 4.79 Å². The molecule has 4 aromatic carbocycles. The molecular weight excluding hydrogens is 496 g/mol. The maximum absolute atomic E-state index is 15.3. The van der Waals surface area contributed by atoms with Gasteiger partial charge in [0.1, 0.15) is 16.9 Å². The minimum Gasteiger partial charge on any atom is -0.496 e. The van der Waals surface area contributed by atoms with Gasteiger partial charge in [0.05, 0.1) is 14.2 Å². The highest BCUT2D eigenvalue weighted by atomic mass is 16.5. The fourth-order valence-corrected chi connectivity index (χ4v) is 6.84. The molecule has 2 aliphatic rings. The van der Waals surface area contributed by atoms with Gasteiger partial charge in [-0.1, -0.05) is 62.4 Å².